The van der Waals surface area contributed by atoms with E-state index in [1.165, 1.54) is 60.8 Å². The van der Waals surface area contributed by atoms with Crippen LogP contribution >= 0.6 is 11.8 Å². The van der Waals surface area contributed by atoms with E-state index in [1.807, 2.05) is 0 Å². The SMILES string of the molecule is Cc1cc(N2CCCC2)ccc1NCC1CCSC1. The second-order valence-electron chi connectivity index (χ2n) is 5.80. The van der Waals surface area contributed by atoms with E-state index in [1.54, 1.807) is 0 Å². The van der Waals surface area contributed by atoms with Crippen molar-refractivity contribution in [3.8, 4) is 0 Å². The van der Waals surface area contributed by atoms with Crippen molar-refractivity contribution >= 4 is 23.1 Å². The highest BCUT2D eigenvalue weighted by Gasteiger charge is 2.16. The molecular weight excluding hydrogens is 252 g/mol. The number of benzene rings is 1. The first-order valence-corrected chi connectivity index (χ1v) is 8.65. The maximum atomic E-state index is 3.64. The van der Waals surface area contributed by atoms with Crippen molar-refractivity contribution in [2.75, 3.05) is 41.4 Å². The van der Waals surface area contributed by atoms with Gasteiger partial charge >= 0.3 is 0 Å². The first-order valence-electron chi connectivity index (χ1n) is 7.50. The summed E-state index contributed by atoms with van der Waals surface area (Å²) in [5, 5.41) is 3.64. The number of anilines is 2. The molecule has 0 radical (unpaired) electrons. The van der Waals surface area contributed by atoms with E-state index in [0.717, 1.165) is 12.5 Å². The van der Waals surface area contributed by atoms with Crippen LogP contribution in [0.3, 0.4) is 0 Å². The van der Waals surface area contributed by atoms with Gasteiger partial charge in [0, 0.05) is 31.0 Å². The third kappa shape index (κ3) is 3.19. The lowest BCUT2D eigenvalue weighted by atomic mass is 10.1. The summed E-state index contributed by atoms with van der Waals surface area (Å²) in [5.41, 5.74) is 4.10. The standard InChI is InChI=1S/C16H24N2S/c1-13-10-15(18-7-2-3-8-18)4-5-16(13)17-11-14-6-9-19-12-14/h4-5,10,14,17H,2-3,6-9,11-12H2,1H3. The van der Waals surface area contributed by atoms with E-state index in [0.29, 0.717) is 0 Å². The minimum Gasteiger partial charge on any atom is -0.385 e. The predicted molar refractivity (Wildman–Crippen MR) is 86.5 cm³/mol. The molecule has 0 spiro atoms. The molecule has 0 aliphatic carbocycles. The van der Waals surface area contributed by atoms with Gasteiger partial charge in [0.25, 0.3) is 0 Å². The highest BCUT2D eigenvalue weighted by atomic mass is 32.2. The summed E-state index contributed by atoms with van der Waals surface area (Å²) in [7, 11) is 0. The molecule has 2 nitrogen and oxygen atoms in total. The lowest BCUT2D eigenvalue weighted by Gasteiger charge is -2.20. The summed E-state index contributed by atoms with van der Waals surface area (Å²) >= 11 is 2.09. The van der Waals surface area contributed by atoms with Gasteiger partial charge in [-0.3, -0.25) is 0 Å². The minimum atomic E-state index is 0.864. The first kappa shape index (κ1) is 13.2. The molecule has 2 heterocycles. The molecule has 2 aliphatic heterocycles. The largest absolute Gasteiger partial charge is 0.385 e. The van der Waals surface area contributed by atoms with Crippen LogP contribution in [0.15, 0.2) is 18.2 Å². The average Bonchev–Trinajstić information content (AvgIpc) is 3.10. The molecule has 2 fully saturated rings. The third-order valence-corrected chi connectivity index (χ3v) is 5.52. The van der Waals surface area contributed by atoms with Gasteiger partial charge in [0.15, 0.2) is 0 Å². The van der Waals surface area contributed by atoms with Crippen molar-refractivity contribution in [3.63, 3.8) is 0 Å². The van der Waals surface area contributed by atoms with Crippen molar-refractivity contribution in [2.24, 2.45) is 5.92 Å². The topological polar surface area (TPSA) is 15.3 Å². The Morgan fingerprint density at radius 2 is 2.16 bits per heavy atom. The number of nitrogens with one attached hydrogen (secondary N) is 1. The molecule has 3 heteroatoms. The summed E-state index contributed by atoms with van der Waals surface area (Å²) in [6.07, 6.45) is 4.07. The monoisotopic (exact) mass is 276 g/mol. The molecule has 1 N–H and O–H groups in total. The fraction of sp³-hybridized carbons (Fsp3) is 0.625. The molecule has 2 aliphatic rings. The van der Waals surface area contributed by atoms with E-state index < -0.39 is 0 Å². The Labute approximate surface area is 121 Å². The van der Waals surface area contributed by atoms with Crippen LogP contribution in [0.2, 0.25) is 0 Å². The molecule has 104 valence electrons. The summed E-state index contributed by atoms with van der Waals surface area (Å²) in [5.74, 6) is 3.54. The molecule has 1 unspecified atom stereocenters. The van der Waals surface area contributed by atoms with Crippen molar-refractivity contribution in [1.29, 1.82) is 0 Å². The van der Waals surface area contributed by atoms with Crippen molar-refractivity contribution in [2.45, 2.75) is 26.2 Å². The molecule has 0 aromatic heterocycles. The van der Waals surface area contributed by atoms with Crippen LogP contribution in [0, 0.1) is 12.8 Å². The zero-order chi connectivity index (χ0) is 13.1. The predicted octanol–water partition coefficient (Wildman–Crippen LogP) is 3.76. The number of thioether (sulfide) groups is 1. The van der Waals surface area contributed by atoms with Gasteiger partial charge in [-0.1, -0.05) is 0 Å². The number of hydrogen-bond acceptors (Lipinski definition) is 3. The molecule has 2 saturated heterocycles. The molecule has 0 bridgehead atoms. The van der Waals surface area contributed by atoms with Crippen LogP contribution in [0.4, 0.5) is 11.4 Å². The van der Waals surface area contributed by atoms with Crippen molar-refractivity contribution in [3.05, 3.63) is 23.8 Å². The van der Waals surface area contributed by atoms with Crippen LogP contribution in [0.5, 0.6) is 0 Å². The van der Waals surface area contributed by atoms with E-state index in [-0.39, 0.29) is 0 Å². The van der Waals surface area contributed by atoms with Crippen molar-refractivity contribution in [1.82, 2.24) is 0 Å². The molecule has 19 heavy (non-hydrogen) atoms. The van der Waals surface area contributed by atoms with Gasteiger partial charge in [0.2, 0.25) is 0 Å². The Morgan fingerprint density at radius 1 is 1.32 bits per heavy atom. The second-order valence-corrected chi connectivity index (χ2v) is 6.95. The van der Waals surface area contributed by atoms with E-state index in [2.05, 4.69) is 47.1 Å². The van der Waals surface area contributed by atoms with Crippen LogP contribution in [0.25, 0.3) is 0 Å². The molecule has 0 saturated carbocycles. The zero-order valence-corrected chi connectivity index (χ0v) is 12.6. The Bertz CT molecular complexity index is 421. The quantitative estimate of drug-likeness (QED) is 0.901. The lowest BCUT2D eigenvalue weighted by Crippen LogP contribution is -2.18. The van der Waals surface area contributed by atoms with Crippen molar-refractivity contribution < 1.29 is 0 Å². The third-order valence-electron chi connectivity index (χ3n) is 4.29. The smallest absolute Gasteiger partial charge is 0.0371 e. The molecule has 3 rings (SSSR count). The minimum absolute atomic E-state index is 0.864. The number of rotatable bonds is 4. The molecule has 0 amide bonds. The average molecular weight is 276 g/mol. The van der Waals surface area contributed by atoms with Gasteiger partial charge in [-0.05, 0) is 67.4 Å². The zero-order valence-electron chi connectivity index (χ0n) is 11.8. The summed E-state index contributed by atoms with van der Waals surface area (Å²) in [4.78, 5) is 2.50. The molecule has 1 aromatic rings. The van der Waals surface area contributed by atoms with Crippen LogP contribution in [0.1, 0.15) is 24.8 Å². The van der Waals surface area contributed by atoms with Gasteiger partial charge in [-0.15, -0.1) is 0 Å². The number of aryl methyl sites for hydroxylation is 1. The molecular formula is C16H24N2S. The summed E-state index contributed by atoms with van der Waals surface area (Å²) < 4.78 is 0. The lowest BCUT2D eigenvalue weighted by molar-refractivity contribution is 0.631. The maximum absolute atomic E-state index is 3.64. The first-order chi connectivity index (χ1) is 9.33. The van der Waals surface area contributed by atoms with E-state index >= 15 is 0 Å². The van der Waals surface area contributed by atoms with Gasteiger partial charge in [-0.25, -0.2) is 0 Å². The summed E-state index contributed by atoms with van der Waals surface area (Å²) in [6.45, 7) is 5.82. The highest BCUT2D eigenvalue weighted by Crippen LogP contribution is 2.27. The molecule has 1 aromatic carbocycles. The Balaban J connectivity index is 1.61. The second kappa shape index (κ2) is 6.08. The highest BCUT2D eigenvalue weighted by molar-refractivity contribution is 7.99. The fourth-order valence-electron chi connectivity index (χ4n) is 3.02. The van der Waals surface area contributed by atoms with Gasteiger partial charge in [0.05, 0.1) is 0 Å². The van der Waals surface area contributed by atoms with Gasteiger partial charge in [-0.2, -0.15) is 11.8 Å². The Kier molecular flexibility index (Phi) is 4.21. The normalized spacial score (nSPS) is 23.0. The Hall–Kier alpha value is -0.830. The maximum Gasteiger partial charge on any atom is 0.0371 e. The molecule has 1 atom stereocenters. The van der Waals surface area contributed by atoms with Gasteiger partial charge in [0.1, 0.15) is 0 Å². The van der Waals surface area contributed by atoms with Crippen LogP contribution < -0.4 is 10.2 Å². The van der Waals surface area contributed by atoms with E-state index in [4.69, 9.17) is 0 Å². The van der Waals surface area contributed by atoms with E-state index in [9.17, 15) is 0 Å². The fourth-order valence-corrected chi connectivity index (χ4v) is 4.30. The number of nitrogens with zero attached hydrogens (tertiary/aromatic N) is 1. The van der Waals surface area contributed by atoms with Gasteiger partial charge < -0.3 is 10.2 Å². The summed E-state index contributed by atoms with van der Waals surface area (Å²) in [6, 6.07) is 6.90. The van der Waals surface area contributed by atoms with Crippen LogP contribution in [-0.2, 0) is 0 Å². The number of hydrogen-bond donors (Lipinski definition) is 1. The van der Waals surface area contributed by atoms with Crippen LogP contribution in [-0.4, -0.2) is 31.1 Å². The Morgan fingerprint density at radius 3 is 2.84 bits per heavy atom.